The molecule has 110 valence electrons. The highest BCUT2D eigenvalue weighted by atomic mass is 16.5. The monoisotopic (exact) mass is 276 g/mol. The lowest BCUT2D eigenvalue weighted by molar-refractivity contribution is 0.0641. The Labute approximate surface area is 120 Å². The van der Waals surface area contributed by atoms with Crippen LogP contribution in [0.2, 0.25) is 0 Å². The molecule has 4 heteroatoms. The van der Waals surface area contributed by atoms with Crippen LogP contribution in [0.3, 0.4) is 0 Å². The standard InChI is InChI=1S/C16H24N2O2/c1-12(19-4)18-11-13(8-9-17(2)3)15-7-6-14(20-5)10-16(15)18/h6-7,10-12H,8-9H2,1-5H3. The molecule has 2 rings (SSSR count). The van der Waals surface area contributed by atoms with Gasteiger partial charge in [0.1, 0.15) is 12.0 Å². The van der Waals surface area contributed by atoms with Gasteiger partial charge in [0.05, 0.1) is 12.6 Å². The van der Waals surface area contributed by atoms with Crippen molar-refractivity contribution in [3.8, 4) is 5.75 Å². The van der Waals surface area contributed by atoms with E-state index >= 15 is 0 Å². The Morgan fingerprint density at radius 1 is 1.25 bits per heavy atom. The van der Waals surface area contributed by atoms with Crippen molar-refractivity contribution >= 4 is 10.9 Å². The molecule has 2 aromatic rings. The molecule has 0 fully saturated rings. The summed E-state index contributed by atoms with van der Waals surface area (Å²) in [6, 6.07) is 6.23. The number of methoxy groups -OCH3 is 2. The van der Waals surface area contributed by atoms with Crippen LogP contribution >= 0.6 is 0 Å². The van der Waals surface area contributed by atoms with E-state index in [9.17, 15) is 0 Å². The predicted molar refractivity (Wildman–Crippen MR) is 82.5 cm³/mol. The second kappa shape index (κ2) is 6.29. The second-order valence-electron chi connectivity index (χ2n) is 5.33. The summed E-state index contributed by atoms with van der Waals surface area (Å²) in [7, 11) is 7.62. The van der Waals surface area contributed by atoms with Crippen molar-refractivity contribution in [3.05, 3.63) is 30.0 Å². The summed E-state index contributed by atoms with van der Waals surface area (Å²) in [5.74, 6) is 0.874. The quantitative estimate of drug-likeness (QED) is 0.811. The van der Waals surface area contributed by atoms with E-state index in [1.165, 1.54) is 10.9 Å². The molecular weight excluding hydrogens is 252 g/mol. The first kappa shape index (κ1) is 14.9. The summed E-state index contributed by atoms with van der Waals surface area (Å²) in [5, 5.41) is 1.27. The smallest absolute Gasteiger partial charge is 0.130 e. The second-order valence-corrected chi connectivity index (χ2v) is 5.33. The zero-order valence-electron chi connectivity index (χ0n) is 13.0. The molecule has 0 amide bonds. The molecule has 1 aromatic heterocycles. The largest absolute Gasteiger partial charge is 0.497 e. The van der Waals surface area contributed by atoms with Crippen molar-refractivity contribution in [1.29, 1.82) is 0 Å². The van der Waals surface area contributed by atoms with E-state index in [2.05, 4.69) is 48.8 Å². The van der Waals surface area contributed by atoms with Crippen molar-refractivity contribution in [1.82, 2.24) is 9.47 Å². The van der Waals surface area contributed by atoms with Crippen LogP contribution in [0.1, 0.15) is 18.7 Å². The van der Waals surface area contributed by atoms with E-state index in [4.69, 9.17) is 9.47 Å². The lowest BCUT2D eigenvalue weighted by Crippen LogP contribution is -2.15. The SMILES string of the molecule is COc1ccc2c(CCN(C)C)cn(C(C)OC)c2c1. The maximum absolute atomic E-state index is 5.47. The third kappa shape index (κ3) is 2.97. The molecule has 0 N–H and O–H groups in total. The summed E-state index contributed by atoms with van der Waals surface area (Å²) >= 11 is 0. The van der Waals surface area contributed by atoms with Crippen LogP contribution in [0.4, 0.5) is 0 Å². The number of nitrogens with zero attached hydrogens (tertiary/aromatic N) is 2. The van der Waals surface area contributed by atoms with Crippen LogP contribution in [0.15, 0.2) is 24.4 Å². The van der Waals surface area contributed by atoms with Gasteiger partial charge >= 0.3 is 0 Å². The molecule has 1 aromatic carbocycles. The molecular formula is C16H24N2O2. The number of benzene rings is 1. The minimum absolute atomic E-state index is 0.0118. The number of hydrogen-bond donors (Lipinski definition) is 0. The third-order valence-corrected chi connectivity index (χ3v) is 3.69. The van der Waals surface area contributed by atoms with Crippen LogP contribution in [0.25, 0.3) is 10.9 Å². The third-order valence-electron chi connectivity index (χ3n) is 3.69. The molecule has 0 aliphatic carbocycles. The molecule has 0 aliphatic heterocycles. The number of hydrogen-bond acceptors (Lipinski definition) is 3. The minimum atomic E-state index is 0.0118. The van der Waals surface area contributed by atoms with Gasteiger partial charge in [0.25, 0.3) is 0 Å². The van der Waals surface area contributed by atoms with Gasteiger partial charge in [-0.3, -0.25) is 0 Å². The van der Waals surface area contributed by atoms with Gasteiger partial charge in [0.2, 0.25) is 0 Å². The zero-order chi connectivity index (χ0) is 14.7. The van der Waals surface area contributed by atoms with Crippen LogP contribution in [-0.2, 0) is 11.2 Å². The molecule has 20 heavy (non-hydrogen) atoms. The number of aromatic nitrogens is 1. The van der Waals surface area contributed by atoms with Crippen LogP contribution < -0.4 is 4.74 Å². The van der Waals surface area contributed by atoms with Crippen molar-refractivity contribution in [3.63, 3.8) is 0 Å². The molecule has 0 saturated carbocycles. The van der Waals surface area contributed by atoms with Gasteiger partial charge in [-0.1, -0.05) is 0 Å². The van der Waals surface area contributed by atoms with Crippen LogP contribution in [0.5, 0.6) is 5.75 Å². The Balaban J connectivity index is 2.48. The number of ether oxygens (including phenoxy) is 2. The van der Waals surface area contributed by atoms with Gasteiger partial charge in [0.15, 0.2) is 0 Å². The first-order valence-electron chi connectivity index (χ1n) is 6.91. The molecule has 1 heterocycles. The molecule has 0 bridgehead atoms. The van der Waals surface area contributed by atoms with Gasteiger partial charge in [-0.25, -0.2) is 0 Å². The lowest BCUT2D eigenvalue weighted by atomic mass is 10.1. The Morgan fingerprint density at radius 3 is 2.60 bits per heavy atom. The summed E-state index contributed by atoms with van der Waals surface area (Å²) in [5.41, 5.74) is 2.51. The summed E-state index contributed by atoms with van der Waals surface area (Å²) < 4.78 is 13.0. The average Bonchev–Trinajstić information content (AvgIpc) is 2.82. The fourth-order valence-corrected chi connectivity index (χ4v) is 2.39. The first-order valence-corrected chi connectivity index (χ1v) is 6.91. The van der Waals surface area contributed by atoms with Crippen molar-refractivity contribution in [2.75, 3.05) is 34.9 Å². The van der Waals surface area contributed by atoms with Gasteiger partial charge in [0, 0.05) is 31.3 Å². The maximum Gasteiger partial charge on any atom is 0.130 e. The van der Waals surface area contributed by atoms with Crippen molar-refractivity contribution < 1.29 is 9.47 Å². The Bertz CT molecular complexity index is 575. The highest BCUT2D eigenvalue weighted by molar-refractivity contribution is 5.85. The van der Waals surface area contributed by atoms with E-state index < -0.39 is 0 Å². The first-order chi connectivity index (χ1) is 9.56. The highest BCUT2D eigenvalue weighted by Gasteiger charge is 2.13. The van der Waals surface area contributed by atoms with E-state index in [1.54, 1.807) is 14.2 Å². The fraction of sp³-hybridized carbons (Fsp3) is 0.500. The van der Waals surface area contributed by atoms with Gasteiger partial charge in [-0.15, -0.1) is 0 Å². The van der Waals surface area contributed by atoms with Gasteiger partial charge in [-0.2, -0.15) is 0 Å². The summed E-state index contributed by atoms with van der Waals surface area (Å²) in [4.78, 5) is 2.20. The Kier molecular flexibility index (Phi) is 4.68. The molecule has 0 spiro atoms. The number of likely N-dealkylation sites (N-methyl/N-ethyl adjacent to an activating group) is 1. The van der Waals surface area contributed by atoms with E-state index in [0.29, 0.717) is 0 Å². The van der Waals surface area contributed by atoms with Crippen molar-refractivity contribution in [2.24, 2.45) is 0 Å². The Hall–Kier alpha value is -1.52. The lowest BCUT2D eigenvalue weighted by Gasteiger charge is -2.13. The maximum atomic E-state index is 5.47. The zero-order valence-corrected chi connectivity index (χ0v) is 13.0. The van der Waals surface area contributed by atoms with E-state index in [-0.39, 0.29) is 6.23 Å². The molecule has 0 radical (unpaired) electrons. The number of fused-ring (bicyclic) bond motifs is 1. The van der Waals surface area contributed by atoms with Gasteiger partial charge in [-0.05, 0) is 45.1 Å². The highest BCUT2D eigenvalue weighted by Crippen LogP contribution is 2.29. The molecule has 4 nitrogen and oxygen atoms in total. The van der Waals surface area contributed by atoms with E-state index in [1.807, 2.05) is 6.07 Å². The summed E-state index contributed by atoms with van der Waals surface area (Å²) in [6.07, 6.45) is 3.24. The predicted octanol–water partition coefficient (Wildman–Crippen LogP) is 2.92. The topological polar surface area (TPSA) is 26.6 Å². The fourth-order valence-electron chi connectivity index (χ4n) is 2.39. The minimum Gasteiger partial charge on any atom is -0.497 e. The molecule has 1 atom stereocenters. The number of rotatable bonds is 6. The van der Waals surface area contributed by atoms with E-state index in [0.717, 1.165) is 24.2 Å². The molecule has 0 saturated heterocycles. The normalized spacial score (nSPS) is 13.1. The average molecular weight is 276 g/mol. The Morgan fingerprint density at radius 2 is 2.00 bits per heavy atom. The van der Waals surface area contributed by atoms with Gasteiger partial charge < -0.3 is 18.9 Å². The van der Waals surface area contributed by atoms with Crippen molar-refractivity contribution in [2.45, 2.75) is 19.6 Å². The van der Waals surface area contributed by atoms with Crippen LogP contribution in [-0.4, -0.2) is 44.3 Å². The molecule has 0 aliphatic rings. The summed E-state index contributed by atoms with van der Waals surface area (Å²) in [6.45, 7) is 3.08. The van der Waals surface area contributed by atoms with Crippen LogP contribution in [0, 0.1) is 0 Å². The molecule has 1 unspecified atom stereocenters.